The van der Waals surface area contributed by atoms with E-state index in [-0.39, 0.29) is 5.95 Å². The van der Waals surface area contributed by atoms with Crippen LogP contribution in [0.4, 0.5) is 17.6 Å². The molecule has 1 aromatic heterocycles. The van der Waals surface area contributed by atoms with Crippen molar-refractivity contribution < 1.29 is 4.90 Å². The summed E-state index contributed by atoms with van der Waals surface area (Å²) in [6, 6.07) is 8.09. The summed E-state index contributed by atoms with van der Waals surface area (Å²) in [5.74, 6) is 1.43. The number of hydrogen-bond acceptors (Lipinski definition) is 5. The molecule has 6 heteroatoms. The highest BCUT2D eigenvalue weighted by atomic mass is 15.2. The van der Waals surface area contributed by atoms with E-state index in [1.54, 1.807) is 0 Å². The van der Waals surface area contributed by atoms with E-state index in [1.807, 2.05) is 32.3 Å². The molecule has 0 amide bonds. The maximum absolute atomic E-state index is 5.75. The Morgan fingerprint density at radius 3 is 2.60 bits per heavy atom. The smallest absolute Gasteiger partial charge is 0.232 e. The number of nitrogens with one attached hydrogen (secondary N) is 2. The molecule has 0 fully saturated rings. The van der Waals surface area contributed by atoms with E-state index in [4.69, 9.17) is 5.73 Å². The molecule has 0 aliphatic rings. The van der Waals surface area contributed by atoms with Gasteiger partial charge < -0.3 is 16.0 Å². The Morgan fingerprint density at radius 1 is 1.15 bits per heavy atom. The Labute approximate surface area is 119 Å². The van der Waals surface area contributed by atoms with E-state index in [2.05, 4.69) is 33.3 Å². The fourth-order valence-electron chi connectivity index (χ4n) is 1.96. The first-order chi connectivity index (χ1) is 9.58. The standard InChI is InChI=1S/C14H20N6/c1-4-10-7-5-6-8-11(10)16-14-18-12(9-20(2)3)17-13(15)19-14/h5-8H,4,9H2,1-3H3,(H3,15,16,17,18,19)/p+1. The highest BCUT2D eigenvalue weighted by Crippen LogP contribution is 2.19. The summed E-state index contributed by atoms with van der Waals surface area (Å²) in [5.41, 5.74) is 7.97. The second-order valence-corrected chi connectivity index (χ2v) is 4.95. The Kier molecular flexibility index (Phi) is 4.47. The second-order valence-electron chi connectivity index (χ2n) is 4.95. The van der Waals surface area contributed by atoms with Gasteiger partial charge in [-0.3, -0.25) is 0 Å². The molecule has 1 heterocycles. The summed E-state index contributed by atoms with van der Waals surface area (Å²) >= 11 is 0. The van der Waals surface area contributed by atoms with Crippen molar-refractivity contribution in [1.29, 1.82) is 0 Å². The molecule has 0 aliphatic heterocycles. The molecule has 0 aliphatic carbocycles. The maximum Gasteiger partial charge on any atom is 0.232 e. The Hall–Kier alpha value is -2.21. The Balaban J connectivity index is 2.26. The molecule has 106 valence electrons. The molecule has 0 saturated heterocycles. The van der Waals surface area contributed by atoms with E-state index in [9.17, 15) is 0 Å². The van der Waals surface area contributed by atoms with Gasteiger partial charge in [0.05, 0.1) is 14.1 Å². The van der Waals surface area contributed by atoms with Gasteiger partial charge in [0.15, 0.2) is 5.82 Å². The summed E-state index contributed by atoms with van der Waals surface area (Å²) in [6.07, 6.45) is 0.943. The molecule has 2 aromatic rings. The third-order valence-electron chi connectivity index (χ3n) is 2.86. The van der Waals surface area contributed by atoms with Crippen LogP contribution in [0.15, 0.2) is 24.3 Å². The fraction of sp³-hybridized carbons (Fsp3) is 0.357. The topological polar surface area (TPSA) is 81.2 Å². The van der Waals surface area contributed by atoms with Crippen LogP contribution in [0.25, 0.3) is 0 Å². The lowest BCUT2D eigenvalue weighted by Crippen LogP contribution is -3.04. The van der Waals surface area contributed by atoms with Gasteiger partial charge in [-0.05, 0) is 18.1 Å². The lowest BCUT2D eigenvalue weighted by atomic mass is 10.1. The molecule has 4 N–H and O–H groups in total. The number of nitrogens with zero attached hydrogens (tertiary/aromatic N) is 3. The molecule has 20 heavy (non-hydrogen) atoms. The average molecular weight is 273 g/mol. The molecular weight excluding hydrogens is 252 g/mol. The molecule has 0 atom stereocenters. The van der Waals surface area contributed by atoms with Gasteiger partial charge in [0.25, 0.3) is 0 Å². The van der Waals surface area contributed by atoms with Crippen LogP contribution in [0.3, 0.4) is 0 Å². The van der Waals surface area contributed by atoms with Crippen LogP contribution >= 0.6 is 0 Å². The number of aromatic nitrogens is 3. The third-order valence-corrected chi connectivity index (χ3v) is 2.86. The summed E-state index contributed by atoms with van der Waals surface area (Å²) in [4.78, 5) is 13.9. The molecule has 2 rings (SSSR count). The Bertz CT molecular complexity index is 582. The molecule has 6 nitrogen and oxygen atoms in total. The van der Waals surface area contributed by atoms with E-state index >= 15 is 0 Å². The highest BCUT2D eigenvalue weighted by molar-refractivity contribution is 5.58. The summed E-state index contributed by atoms with van der Waals surface area (Å²) in [6.45, 7) is 2.82. The van der Waals surface area contributed by atoms with E-state index in [1.165, 1.54) is 10.5 Å². The number of aryl methyl sites for hydroxylation is 1. The minimum Gasteiger partial charge on any atom is -0.368 e. The maximum atomic E-state index is 5.75. The first kappa shape index (κ1) is 14.2. The van der Waals surface area contributed by atoms with Crippen molar-refractivity contribution in [2.45, 2.75) is 19.9 Å². The minimum atomic E-state index is 0.243. The lowest BCUT2D eigenvalue weighted by molar-refractivity contribution is -0.873. The fourth-order valence-corrected chi connectivity index (χ4v) is 1.96. The van der Waals surface area contributed by atoms with Gasteiger partial charge >= 0.3 is 0 Å². The lowest BCUT2D eigenvalue weighted by Gasteiger charge is -2.11. The number of nitrogen functional groups attached to an aromatic ring is 1. The number of quaternary nitrogens is 1. The van der Waals surface area contributed by atoms with Gasteiger partial charge in [-0.15, -0.1) is 0 Å². The van der Waals surface area contributed by atoms with E-state index in [0.29, 0.717) is 18.3 Å². The number of anilines is 3. The van der Waals surface area contributed by atoms with Crippen LogP contribution < -0.4 is 16.0 Å². The third kappa shape index (κ3) is 3.64. The van der Waals surface area contributed by atoms with Crippen LogP contribution in [0.1, 0.15) is 18.3 Å². The molecule has 0 radical (unpaired) electrons. The summed E-state index contributed by atoms with van der Waals surface area (Å²) in [5, 5.41) is 3.23. The Morgan fingerprint density at radius 2 is 1.90 bits per heavy atom. The number of rotatable bonds is 5. The first-order valence-electron chi connectivity index (χ1n) is 6.73. The predicted molar refractivity (Wildman–Crippen MR) is 79.9 cm³/mol. The van der Waals surface area contributed by atoms with Crippen molar-refractivity contribution in [3.05, 3.63) is 35.7 Å². The van der Waals surface area contributed by atoms with Crippen LogP contribution in [-0.2, 0) is 13.0 Å². The molecular formula is C14H21N6+. The SMILES string of the molecule is CCc1ccccc1Nc1nc(N)nc(C[NH+](C)C)n1. The van der Waals surface area contributed by atoms with Gasteiger partial charge in [-0.2, -0.15) is 15.0 Å². The van der Waals surface area contributed by atoms with Crippen molar-refractivity contribution in [2.75, 3.05) is 25.1 Å². The van der Waals surface area contributed by atoms with Crippen molar-refractivity contribution in [2.24, 2.45) is 0 Å². The number of para-hydroxylation sites is 1. The number of benzene rings is 1. The van der Waals surface area contributed by atoms with Crippen molar-refractivity contribution in [3.63, 3.8) is 0 Å². The van der Waals surface area contributed by atoms with E-state index < -0.39 is 0 Å². The molecule has 0 bridgehead atoms. The second kappa shape index (κ2) is 6.29. The van der Waals surface area contributed by atoms with Crippen LogP contribution in [0, 0.1) is 0 Å². The predicted octanol–water partition coefficient (Wildman–Crippen LogP) is 0.404. The number of nitrogens with two attached hydrogens (primary N) is 1. The van der Waals surface area contributed by atoms with Gasteiger partial charge in [0.2, 0.25) is 11.9 Å². The van der Waals surface area contributed by atoms with Crippen LogP contribution in [-0.4, -0.2) is 29.0 Å². The zero-order chi connectivity index (χ0) is 14.5. The molecule has 0 saturated carbocycles. The van der Waals surface area contributed by atoms with E-state index in [0.717, 1.165) is 12.1 Å². The van der Waals surface area contributed by atoms with Gasteiger partial charge in [-0.25, -0.2) is 0 Å². The zero-order valence-corrected chi connectivity index (χ0v) is 12.1. The van der Waals surface area contributed by atoms with Crippen molar-refractivity contribution >= 4 is 17.6 Å². The van der Waals surface area contributed by atoms with Crippen LogP contribution in [0.5, 0.6) is 0 Å². The molecule has 1 aromatic carbocycles. The summed E-state index contributed by atoms with van der Waals surface area (Å²) < 4.78 is 0. The average Bonchev–Trinajstić information content (AvgIpc) is 2.37. The zero-order valence-electron chi connectivity index (χ0n) is 12.1. The largest absolute Gasteiger partial charge is 0.368 e. The number of hydrogen-bond donors (Lipinski definition) is 3. The minimum absolute atomic E-state index is 0.243. The highest BCUT2D eigenvalue weighted by Gasteiger charge is 2.08. The van der Waals surface area contributed by atoms with Gasteiger partial charge in [0, 0.05) is 5.69 Å². The van der Waals surface area contributed by atoms with Gasteiger partial charge in [0.1, 0.15) is 6.54 Å². The molecule has 0 unspecified atom stereocenters. The normalized spacial score (nSPS) is 10.8. The summed E-state index contributed by atoms with van der Waals surface area (Å²) in [7, 11) is 4.08. The van der Waals surface area contributed by atoms with Crippen molar-refractivity contribution in [1.82, 2.24) is 15.0 Å². The quantitative estimate of drug-likeness (QED) is 0.735. The monoisotopic (exact) mass is 273 g/mol. The molecule has 0 spiro atoms. The van der Waals surface area contributed by atoms with Crippen molar-refractivity contribution in [3.8, 4) is 0 Å². The van der Waals surface area contributed by atoms with Gasteiger partial charge in [-0.1, -0.05) is 25.1 Å². The van der Waals surface area contributed by atoms with Crippen LogP contribution in [0.2, 0.25) is 0 Å². The first-order valence-corrected chi connectivity index (χ1v) is 6.73.